The molecule has 6 fully saturated rings. The summed E-state index contributed by atoms with van der Waals surface area (Å²) in [4.78, 5) is 14.1. The maximum Gasteiger partial charge on any atom is 0.332 e. The molecule has 4 saturated carbocycles. The Kier molecular flexibility index (Phi) is 5.22. The molecule has 4 aliphatic carbocycles. The van der Waals surface area contributed by atoms with Gasteiger partial charge in [0.1, 0.15) is 0 Å². The van der Waals surface area contributed by atoms with E-state index in [9.17, 15) is 4.79 Å². The summed E-state index contributed by atoms with van der Waals surface area (Å²) in [5.74, 6) is 6.14. The Morgan fingerprint density at radius 2 is 1.85 bits per heavy atom. The first kappa shape index (κ1) is 22.4. The van der Waals surface area contributed by atoms with Crippen LogP contribution < -0.4 is 11.2 Å². The zero-order chi connectivity index (χ0) is 23.1. The van der Waals surface area contributed by atoms with E-state index >= 15 is 0 Å². The van der Waals surface area contributed by atoms with Crippen molar-refractivity contribution in [2.75, 3.05) is 6.54 Å². The first-order valence-electron chi connectivity index (χ1n) is 14.1. The number of fused-ring (bicyclic) bond motifs is 9. The van der Waals surface area contributed by atoms with Crippen LogP contribution in [-0.4, -0.2) is 35.3 Å². The molecule has 5 nitrogen and oxygen atoms in total. The fourth-order valence-electron chi connectivity index (χ4n) is 11.0. The lowest BCUT2D eigenvalue weighted by Gasteiger charge is -2.60. The maximum atomic E-state index is 11.1. The Morgan fingerprint density at radius 3 is 2.64 bits per heavy atom. The molecular formula is C28H46N4O. The fourth-order valence-corrected chi connectivity index (χ4v) is 11.0. The van der Waals surface area contributed by atoms with Crippen LogP contribution in [0.1, 0.15) is 91.9 Å². The van der Waals surface area contributed by atoms with Crippen LogP contribution in [0.15, 0.2) is 5.10 Å². The van der Waals surface area contributed by atoms with Crippen molar-refractivity contribution in [2.45, 2.75) is 104 Å². The van der Waals surface area contributed by atoms with Gasteiger partial charge in [-0.3, -0.25) is 4.90 Å². The number of primary amides is 1. The van der Waals surface area contributed by atoms with Gasteiger partial charge >= 0.3 is 6.03 Å². The van der Waals surface area contributed by atoms with Crippen molar-refractivity contribution >= 4 is 11.7 Å². The Morgan fingerprint density at radius 1 is 1.03 bits per heavy atom. The number of nitrogens with one attached hydrogen (secondary N) is 1. The Bertz CT molecular complexity index is 842. The van der Waals surface area contributed by atoms with Gasteiger partial charge in [0.15, 0.2) is 0 Å². The Balaban J connectivity index is 1.23. The summed E-state index contributed by atoms with van der Waals surface area (Å²) in [6.07, 6.45) is 13.3. The van der Waals surface area contributed by atoms with E-state index in [0.717, 1.165) is 72.1 Å². The van der Waals surface area contributed by atoms with Gasteiger partial charge in [0, 0.05) is 24.3 Å². The second-order valence-electron chi connectivity index (χ2n) is 13.7. The van der Waals surface area contributed by atoms with Gasteiger partial charge in [-0.25, -0.2) is 10.2 Å². The molecule has 0 spiro atoms. The molecule has 33 heavy (non-hydrogen) atoms. The number of hydrazone groups is 1. The SMILES string of the molecule is CC1CCC2C(C)C3C(CC4C5CCC6C/C(=N/NC(N)=O)CCC6(C)C5CCC43C)N2C1. The molecule has 11 atom stereocenters. The van der Waals surface area contributed by atoms with E-state index in [2.05, 4.69) is 43.1 Å². The second-order valence-corrected chi connectivity index (χ2v) is 13.7. The highest BCUT2D eigenvalue weighted by molar-refractivity contribution is 5.87. The predicted molar refractivity (Wildman–Crippen MR) is 133 cm³/mol. The van der Waals surface area contributed by atoms with Crippen molar-refractivity contribution in [1.29, 1.82) is 0 Å². The van der Waals surface area contributed by atoms with Crippen LogP contribution in [0.2, 0.25) is 0 Å². The van der Waals surface area contributed by atoms with Crippen molar-refractivity contribution < 1.29 is 4.79 Å². The quantitative estimate of drug-likeness (QED) is 0.521. The van der Waals surface area contributed by atoms with Gasteiger partial charge in [0.05, 0.1) is 0 Å². The molecule has 0 bridgehead atoms. The minimum Gasteiger partial charge on any atom is -0.350 e. The predicted octanol–water partition coefficient (Wildman–Crippen LogP) is 5.40. The lowest BCUT2D eigenvalue weighted by Crippen LogP contribution is -2.54. The number of hydrogen-bond acceptors (Lipinski definition) is 3. The van der Waals surface area contributed by atoms with Crippen LogP contribution in [0, 0.1) is 52.3 Å². The molecule has 0 aromatic rings. The van der Waals surface area contributed by atoms with Gasteiger partial charge in [-0.15, -0.1) is 0 Å². The van der Waals surface area contributed by atoms with E-state index in [1.807, 2.05) is 0 Å². The fraction of sp³-hybridized carbons (Fsp3) is 0.929. The van der Waals surface area contributed by atoms with Gasteiger partial charge in [-0.1, -0.05) is 27.7 Å². The van der Waals surface area contributed by atoms with Crippen LogP contribution in [0.4, 0.5) is 4.79 Å². The van der Waals surface area contributed by atoms with Crippen LogP contribution in [-0.2, 0) is 0 Å². The molecule has 0 aromatic heterocycles. The molecule has 2 aliphatic heterocycles. The molecule has 6 aliphatic rings. The van der Waals surface area contributed by atoms with Crippen LogP contribution in [0.25, 0.3) is 0 Å². The average Bonchev–Trinajstić information content (AvgIpc) is 3.24. The highest BCUT2D eigenvalue weighted by atomic mass is 16.2. The van der Waals surface area contributed by atoms with Crippen molar-refractivity contribution in [3.05, 3.63) is 0 Å². The molecule has 3 N–H and O–H groups in total. The lowest BCUT2D eigenvalue weighted by atomic mass is 9.44. The number of urea groups is 1. The second kappa shape index (κ2) is 7.70. The van der Waals surface area contributed by atoms with Gasteiger partial charge in [0.2, 0.25) is 0 Å². The molecule has 2 saturated heterocycles. The lowest BCUT2D eigenvalue weighted by molar-refractivity contribution is -0.105. The number of nitrogens with zero attached hydrogens (tertiary/aromatic N) is 2. The normalized spacial score (nSPS) is 54.7. The first-order chi connectivity index (χ1) is 15.7. The third-order valence-electron chi connectivity index (χ3n) is 12.4. The highest BCUT2D eigenvalue weighted by Gasteiger charge is 2.66. The van der Waals surface area contributed by atoms with E-state index < -0.39 is 6.03 Å². The summed E-state index contributed by atoms with van der Waals surface area (Å²) in [5, 5.41) is 4.35. The third-order valence-corrected chi connectivity index (χ3v) is 12.4. The highest BCUT2D eigenvalue weighted by Crippen LogP contribution is 2.70. The molecular weight excluding hydrogens is 408 g/mol. The van der Waals surface area contributed by atoms with Crippen LogP contribution in [0.3, 0.4) is 0 Å². The van der Waals surface area contributed by atoms with Crippen molar-refractivity contribution in [1.82, 2.24) is 10.3 Å². The molecule has 184 valence electrons. The van der Waals surface area contributed by atoms with Gasteiger partial charge < -0.3 is 5.73 Å². The number of hydrogen-bond donors (Lipinski definition) is 2. The minimum atomic E-state index is -0.544. The van der Waals surface area contributed by atoms with E-state index in [-0.39, 0.29) is 0 Å². The molecule has 11 unspecified atom stereocenters. The van der Waals surface area contributed by atoms with E-state index in [0.29, 0.717) is 10.8 Å². The van der Waals surface area contributed by atoms with E-state index in [1.165, 1.54) is 57.9 Å². The smallest absolute Gasteiger partial charge is 0.332 e. The Labute approximate surface area is 200 Å². The summed E-state index contributed by atoms with van der Waals surface area (Å²) in [6.45, 7) is 11.8. The summed E-state index contributed by atoms with van der Waals surface area (Å²) in [5.41, 5.74) is 9.90. The number of piperidine rings is 1. The van der Waals surface area contributed by atoms with Crippen LogP contribution >= 0.6 is 0 Å². The van der Waals surface area contributed by atoms with Crippen molar-refractivity contribution in [3.8, 4) is 0 Å². The molecule has 2 heterocycles. The van der Waals surface area contributed by atoms with Crippen LogP contribution in [0.5, 0.6) is 0 Å². The first-order valence-corrected chi connectivity index (χ1v) is 14.1. The summed E-state index contributed by atoms with van der Waals surface area (Å²) < 4.78 is 0. The summed E-state index contributed by atoms with van der Waals surface area (Å²) in [6, 6.07) is 1.18. The zero-order valence-corrected chi connectivity index (χ0v) is 21.4. The monoisotopic (exact) mass is 454 g/mol. The maximum absolute atomic E-state index is 11.1. The number of carbonyl (C=O) groups excluding carboxylic acids is 1. The largest absolute Gasteiger partial charge is 0.350 e. The number of amides is 2. The average molecular weight is 455 g/mol. The van der Waals surface area contributed by atoms with Gasteiger partial charge in [-0.05, 0) is 116 Å². The number of carbonyl (C=O) groups is 1. The van der Waals surface area contributed by atoms with Gasteiger partial charge in [-0.2, -0.15) is 5.10 Å². The number of rotatable bonds is 1. The molecule has 0 radical (unpaired) electrons. The minimum absolute atomic E-state index is 0.446. The van der Waals surface area contributed by atoms with E-state index in [4.69, 9.17) is 5.73 Å². The Hall–Kier alpha value is -1.10. The van der Waals surface area contributed by atoms with Gasteiger partial charge in [0.25, 0.3) is 0 Å². The molecule has 2 amide bonds. The number of nitrogens with two attached hydrogens (primary N) is 1. The topological polar surface area (TPSA) is 70.7 Å². The zero-order valence-electron chi connectivity index (χ0n) is 21.4. The van der Waals surface area contributed by atoms with Crippen molar-refractivity contribution in [3.63, 3.8) is 0 Å². The summed E-state index contributed by atoms with van der Waals surface area (Å²) >= 11 is 0. The molecule has 6 rings (SSSR count). The standard InChI is InChI=1S/C28H46N4O/c1-16-5-8-23-17(2)25-24(32(23)15-16)14-22-20-7-6-18-13-19(30-31-26(29)33)9-11-27(18,3)21(20)10-12-28(22,25)4/h16-18,20-25H,5-15H2,1-4H3,(H3,29,31,33)/b30-19+. The molecule has 5 heteroatoms. The van der Waals surface area contributed by atoms with E-state index in [1.54, 1.807) is 0 Å². The van der Waals surface area contributed by atoms with Crippen molar-refractivity contribution in [2.24, 2.45) is 63.1 Å². The third kappa shape index (κ3) is 3.19. The summed E-state index contributed by atoms with van der Waals surface area (Å²) in [7, 11) is 0. The molecule has 0 aromatic carbocycles.